The molecule has 5 heteroatoms. The number of benzene rings is 2. The lowest BCUT2D eigenvalue weighted by molar-refractivity contribution is -0.152. The lowest BCUT2D eigenvalue weighted by atomic mass is 10.0. The van der Waals surface area contributed by atoms with Crippen LogP contribution in [-0.2, 0) is 20.9 Å². The quantitative estimate of drug-likeness (QED) is 0.503. The molecule has 5 nitrogen and oxygen atoms in total. The molecule has 2 aromatic carbocycles. The van der Waals surface area contributed by atoms with Gasteiger partial charge >= 0.3 is 11.9 Å². The number of rotatable bonds is 6. The largest absolute Gasteiger partial charge is 0.481 e. The number of ether oxygens (including phenoxy) is 1. The van der Waals surface area contributed by atoms with Gasteiger partial charge in [-0.3, -0.25) is 14.4 Å². The summed E-state index contributed by atoms with van der Waals surface area (Å²) in [6.45, 7) is -0.0219. The number of esters is 1. The van der Waals surface area contributed by atoms with Crippen LogP contribution >= 0.6 is 0 Å². The maximum absolute atomic E-state index is 12.2. The van der Waals surface area contributed by atoms with E-state index in [1.807, 2.05) is 6.07 Å². The Morgan fingerprint density at radius 3 is 2.05 bits per heavy atom. The second-order valence-electron chi connectivity index (χ2n) is 4.62. The summed E-state index contributed by atoms with van der Waals surface area (Å²) in [5, 5.41) is 8.45. The second kappa shape index (κ2) is 7.17. The first-order valence-corrected chi connectivity index (χ1v) is 6.62. The van der Waals surface area contributed by atoms with E-state index in [0.717, 1.165) is 0 Å². The molecular weight excluding hydrogens is 284 g/mol. The lowest BCUT2D eigenvalue weighted by Gasteiger charge is -2.05. The van der Waals surface area contributed by atoms with Gasteiger partial charge in [-0.1, -0.05) is 54.6 Å². The van der Waals surface area contributed by atoms with E-state index in [4.69, 9.17) is 9.84 Å². The molecule has 0 aliphatic rings. The third-order valence-electron chi connectivity index (χ3n) is 2.95. The highest BCUT2D eigenvalue weighted by Crippen LogP contribution is 2.12. The zero-order valence-electron chi connectivity index (χ0n) is 11.7. The molecule has 0 saturated carbocycles. The van der Waals surface area contributed by atoms with Crippen molar-refractivity contribution >= 4 is 17.7 Å². The van der Waals surface area contributed by atoms with Gasteiger partial charge in [0.05, 0.1) is 0 Å². The second-order valence-corrected chi connectivity index (χ2v) is 4.62. The number of ketones is 1. The summed E-state index contributed by atoms with van der Waals surface area (Å²) in [6.07, 6.45) is -0.662. The highest BCUT2D eigenvalue weighted by atomic mass is 16.5. The van der Waals surface area contributed by atoms with Gasteiger partial charge in [0.1, 0.15) is 13.0 Å². The number of hydrogen-bond donors (Lipinski definition) is 1. The number of aliphatic carboxylic acids is 1. The van der Waals surface area contributed by atoms with Gasteiger partial charge in [-0.25, -0.2) is 0 Å². The molecule has 0 heterocycles. The first-order valence-electron chi connectivity index (χ1n) is 6.62. The average Bonchev–Trinajstić information content (AvgIpc) is 2.53. The first-order chi connectivity index (χ1) is 10.6. The third kappa shape index (κ3) is 4.28. The fraction of sp³-hybridized carbons (Fsp3) is 0.118. The minimum absolute atomic E-state index is 0.0219. The topological polar surface area (TPSA) is 80.7 Å². The molecule has 2 aromatic rings. The van der Waals surface area contributed by atoms with Crippen LogP contribution in [0.1, 0.15) is 27.9 Å². The van der Waals surface area contributed by atoms with E-state index >= 15 is 0 Å². The van der Waals surface area contributed by atoms with Crippen LogP contribution in [0.25, 0.3) is 0 Å². The fourth-order valence-electron chi connectivity index (χ4n) is 1.85. The average molecular weight is 298 g/mol. The summed E-state index contributed by atoms with van der Waals surface area (Å²) in [7, 11) is 0. The standard InChI is InChI=1S/C17H14O5/c18-15(19)10-16(20)22-11-12-6-8-14(9-7-12)17(21)13-4-2-1-3-5-13/h1-9H,10-11H2,(H,18,19). The zero-order chi connectivity index (χ0) is 15.9. The van der Waals surface area contributed by atoms with Gasteiger partial charge in [0.25, 0.3) is 0 Å². The SMILES string of the molecule is O=C(O)CC(=O)OCc1ccc(C(=O)c2ccccc2)cc1. The summed E-state index contributed by atoms with van der Waals surface area (Å²) < 4.78 is 4.82. The van der Waals surface area contributed by atoms with Gasteiger partial charge in [-0.2, -0.15) is 0 Å². The molecule has 112 valence electrons. The predicted octanol–water partition coefficient (Wildman–Crippen LogP) is 2.44. The van der Waals surface area contributed by atoms with Crippen molar-refractivity contribution in [1.82, 2.24) is 0 Å². The number of hydrogen-bond acceptors (Lipinski definition) is 4. The van der Waals surface area contributed by atoms with E-state index in [1.54, 1.807) is 48.5 Å². The van der Waals surface area contributed by atoms with Gasteiger partial charge in [-0.15, -0.1) is 0 Å². The molecule has 2 rings (SSSR count). The molecule has 0 amide bonds. The van der Waals surface area contributed by atoms with Crippen molar-refractivity contribution in [2.75, 3.05) is 0 Å². The molecule has 0 unspecified atom stereocenters. The maximum atomic E-state index is 12.2. The molecule has 0 saturated heterocycles. The fourth-order valence-corrected chi connectivity index (χ4v) is 1.85. The van der Waals surface area contributed by atoms with Crippen LogP contribution < -0.4 is 0 Å². The summed E-state index contributed by atoms with van der Waals surface area (Å²) in [5.74, 6) is -2.11. The van der Waals surface area contributed by atoms with E-state index in [-0.39, 0.29) is 12.4 Å². The Balaban J connectivity index is 1.97. The molecule has 22 heavy (non-hydrogen) atoms. The number of carbonyl (C=O) groups is 3. The minimum Gasteiger partial charge on any atom is -0.481 e. The van der Waals surface area contributed by atoms with Crippen molar-refractivity contribution in [2.45, 2.75) is 13.0 Å². The highest BCUT2D eigenvalue weighted by molar-refractivity contribution is 6.08. The number of carbonyl (C=O) groups excluding carboxylic acids is 2. The Labute approximate surface area is 127 Å². The van der Waals surface area contributed by atoms with Gasteiger partial charge in [0.2, 0.25) is 0 Å². The highest BCUT2D eigenvalue weighted by Gasteiger charge is 2.10. The van der Waals surface area contributed by atoms with Crippen LogP contribution in [0.5, 0.6) is 0 Å². The van der Waals surface area contributed by atoms with E-state index in [0.29, 0.717) is 16.7 Å². The summed E-state index contributed by atoms with van der Waals surface area (Å²) in [4.78, 5) is 33.7. The molecule has 0 fully saturated rings. The summed E-state index contributed by atoms with van der Waals surface area (Å²) >= 11 is 0. The van der Waals surface area contributed by atoms with Crippen LogP contribution in [0.2, 0.25) is 0 Å². The zero-order valence-corrected chi connectivity index (χ0v) is 11.7. The van der Waals surface area contributed by atoms with Crippen LogP contribution in [0, 0.1) is 0 Å². The molecule has 0 spiro atoms. The van der Waals surface area contributed by atoms with Crippen LogP contribution in [0.4, 0.5) is 0 Å². The van der Waals surface area contributed by atoms with Crippen molar-refractivity contribution < 1.29 is 24.2 Å². The normalized spacial score (nSPS) is 10.0. The number of carboxylic acid groups (broad SMARTS) is 1. The van der Waals surface area contributed by atoms with Gasteiger partial charge < -0.3 is 9.84 Å². The Bertz CT molecular complexity index is 674. The molecule has 0 bridgehead atoms. The Morgan fingerprint density at radius 2 is 1.45 bits per heavy atom. The summed E-state index contributed by atoms with van der Waals surface area (Å²) in [5.41, 5.74) is 1.82. The smallest absolute Gasteiger partial charge is 0.317 e. The lowest BCUT2D eigenvalue weighted by Crippen LogP contribution is -2.10. The van der Waals surface area contributed by atoms with Crippen molar-refractivity contribution in [3.8, 4) is 0 Å². The van der Waals surface area contributed by atoms with Crippen LogP contribution in [-0.4, -0.2) is 22.8 Å². The molecule has 1 N–H and O–H groups in total. The third-order valence-corrected chi connectivity index (χ3v) is 2.95. The van der Waals surface area contributed by atoms with E-state index in [9.17, 15) is 14.4 Å². The number of carboxylic acids is 1. The molecule has 0 aliphatic heterocycles. The van der Waals surface area contributed by atoms with Crippen molar-refractivity contribution in [2.24, 2.45) is 0 Å². The van der Waals surface area contributed by atoms with Crippen molar-refractivity contribution in [1.29, 1.82) is 0 Å². The first kappa shape index (κ1) is 15.4. The maximum Gasteiger partial charge on any atom is 0.317 e. The Morgan fingerprint density at radius 1 is 0.864 bits per heavy atom. The van der Waals surface area contributed by atoms with Gasteiger partial charge in [0.15, 0.2) is 5.78 Å². The molecule has 0 aliphatic carbocycles. The van der Waals surface area contributed by atoms with Crippen molar-refractivity contribution in [3.05, 3.63) is 71.3 Å². The van der Waals surface area contributed by atoms with E-state index in [2.05, 4.69) is 0 Å². The molecular formula is C17H14O5. The van der Waals surface area contributed by atoms with E-state index < -0.39 is 18.4 Å². The Hall–Kier alpha value is -2.95. The monoisotopic (exact) mass is 298 g/mol. The minimum atomic E-state index is -1.23. The summed E-state index contributed by atoms with van der Waals surface area (Å²) in [6, 6.07) is 15.5. The van der Waals surface area contributed by atoms with Crippen LogP contribution in [0.3, 0.4) is 0 Å². The van der Waals surface area contributed by atoms with E-state index in [1.165, 1.54) is 0 Å². The van der Waals surface area contributed by atoms with Crippen molar-refractivity contribution in [3.63, 3.8) is 0 Å². The van der Waals surface area contributed by atoms with Gasteiger partial charge in [0, 0.05) is 11.1 Å². The van der Waals surface area contributed by atoms with Crippen LogP contribution in [0.15, 0.2) is 54.6 Å². The molecule has 0 radical (unpaired) electrons. The Kier molecular flexibility index (Phi) is 5.03. The van der Waals surface area contributed by atoms with Gasteiger partial charge in [-0.05, 0) is 5.56 Å². The molecule has 0 atom stereocenters. The predicted molar refractivity (Wildman–Crippen MR) is 78.4 cm³/mol. The molecule has 0 aromatic heterocycles.